The van der Waals surface area contributed by atoms with Crippen LogP contribution in [-0.4, -0.2) is 37.4 Å². The van der Waals surface area contributed by atoms with Crippen molar-refractivity contribution in [3.05, 3.63) is 36.4 Å². The molecule has 2 aromatic heterocycles. The zero-order valence-corrected chi connectivity index (χ0v) is 19.7. The molecule has 0 spiro atoms. The van der Waals surface area contributed by atoms with E-state index in [1.54, 1.807) is 12.7 Å². The average molecular weight is 457 g/mol. The van der Waals surface area contributed by atoms with E-state index in [0.29, 0.717) is 24.0 Å². The molecule has 4 rings (SSSR count). The molecule has 0 aliphatic heterocycles. The van der Waals surface area contributed by atoms with Crippen LogP contribution in [0, 0.1) is 11.3 Å². The monoisotopic (exact) mass is 456 g/mol. The molecule has 1 aliphatic carbocycles. The molecule has 8 heteroatoms. The lowest BCUT2D eigenvalue weighted by Crippen LogP contribution is -2.36. The minimum absolute atomic E-state index is 0.115. The van der Waals surface area contributed by atoms with E-state index in [0.717, 1.165) is 48.7 Å². The number of aromatic nitrogens is 4. The molecule has 172 valence electrons. The molecule has 1 fully saturated rings. The summed E-state index contributed by atoms with van der Waals surface area (Å²) in [4.78, 5) is 20.8. The highest BCUT2D eigenvalue weighted by molar-refractivity contribution is 7.20. The number of hydrogen-bond acceptors (Lipinski definition) is 6. The van der Waals surface area contributed by atoms with Crippen molar-refractivity contribution in [2.45, 2.75) is 71.3 Å². The summed E-state index contributed by atoms with van der Waals surface area (Å²) < 4.78 is 9.00. The van der Waals surface area contributed by atoms with Gasteiger partial charge in [-0.3, -0.25) is 4.79 Å². The second-order valence-electron chi connectivity index (χ2n) is 8.89. The van der Waals surface area contributed by atoms with Gasteiger partial charge in [-0.05, 0) is 36.5 Å². The summed E-state index contributed by atoms with van der Waals surface area (Å²) in [7, 11) is 0. The first kappa shape index (κ1) is 22.7. The lowest BCUT2D eigenvalue weighted by atomic mass is 9.81. The van der Waals surface area contributed by atoms with Crippen LogP contribution in [0.2, 0.25) is 0 Å². The molecule has 1 unspecified atom stereocenters. The number of thiazole rings is 1. The van der Waals surface area contributed by atoms with Crippen LogP contribution < -0.4 is 4.74 Å². The summed E-state index contributed by atoms with van der Waals surface area (Å²) in [5.74, 6) is -0.299. The Hall–Kier alpha value is -2.48. The van der Waals surface area contributed by atoms with Gasteiger partial charge in [-0.1, -0.05) is 69.8 Å². The number of fused-ring (bicyclic) bond motifs is 1. The van der Waals surface area contributed by atoms with Crippen LogP contribution in [0.25, 0.3) is 10.2 Å². The fraction of sp³-hybridized carbons (Fsp3) is 0.583. The molecular weight excluding hydrogens is 424 g/mol. The van der Waals surface area contributed by atoms with Crippen LogP contribution in [0.1, 0.15) is 76.8 Å². The molecule has 0 radical (unpaired) electrons. The van der Waals surface area contributed by atoms with E-state index in [9.17, 15) is 9.90 Å². The van der Waals surface area contributed by atoms with Crippen LogP contribution >= 0.6 is 11.3 Å². The minimum Gasteiger partial charge on any atom is -0.481 e. The van der Waals surface area contributed by atoms with Gasteiger partial charge in [-0.25, -0.2) is 14.6 Å². The Labute approximate surface area is 192 Å². The van der Waals surface area contributed by atoms with Gasteiger partial charge in [0.1, 0.15) is 24.7 Å². The Morgan fingerprint density at radius 2 is 1.97 bits per heavy atom. The fourth-order valence-corrected chi connectivity index (χ4v) is 5.79. The number of carboxylic acid groups (broad SMARTS) is 1. The smallest absolute Gasteiger partial charge is 0.313 e. The molecule has 2 heterocycles. The number of ether oxygens (including phenoxy) is 1. The zero-order chi connectivity index (χ0) is 22.6. The summed E-state index contributed by atoms with van der Waals surface area (Å²) in [6.07, 6.45) is 10.9. The number of carbonyl (C=O) groups is 1. The first-order chi connectivity index (χ1) is 15.6. The quantitative estimate of drug-likeness (QED) is 0.414. The van der Waals surface area contributed by atoms with Crippen LogP contribution in [0.5, 0.6) is 5.19 Å². The van der Waals surface area contributed by atoms with E-state index in [-0.39, 0.29) is 12.6 Å². The minimum atomic E-state index is -0.798. The Balaban J connectivity index is 1.58. The summed E-state index contributed by atoms with van der Waals surface area (Å²) in [5, 5.41) is 14.9. The average Bonchev–Trinajstić information content (AvgIpc) is 3.40. The lowest BCUT2D eigenvalue weighted by molar-refractivity contribution is -0.152. The maximum absolute atomic E-state index is 12.1. The molecule has 1 saturated carbocycles. The summed E-state index contributed by atoms with van der Waals surface area (Å²) in [5.41, 5.74) is 1.26. The van der Waals surface area contributed by atoms with E-state index >= 15 is 0 Å². The van der Waals surface area contributed by atoms with Crippen molar-refractivity contribution in [2.75, 3.05) is 6.61 Å². The molecular formula is C24H32N4O3S. The molecule has 7 nitrogen and oxygen atoms in total. The number of nitrogens with zero attached hydrogens (tertiary/aromatic N) is 4. The van der Waals surface area contributed by atoms with Gasteiger partial charge in [-0.2, -0.15) is 5.10 Å². The Bertz CT molecular complexity index is 1020. The van der Waals surface area contributed by atoms with E-state index in [1.807, 2.05) is 10.7 Å². The summed E-state index contributed by atoms with van der Waals surface area (Å²) in [6.45, 7) is 4.60. The normalized spacial score (nSPS) is 17.3. The number of hydrogen-bond donors (Lipinski definition) is 1. The maximum Gasteiger partial charge on any atom is 0.313 e. The van der Waals surface area contributed by atoms with Gasteiger partial charge in [0.05, 0.1) is 16.3 Å². The predicted molar refractivity (Wildman–Crippen MR) is 125 cm³/mol. The van der Waals surface area contributed by atoms with Crippen molar-refractivity contribution in [3.63, 3.8) is 0 Å². The first-order valence-electron chi connectivity index (χ1n) is 11.7. The van der Waals surface area contributed by atoms with Gasteiger partial charge in [0, 0.05) is 0 Å². The first-order valence-corrected chi connectivity index (χ1v) is 12.5. The highest BCUT2D eigenvalue weighted by atomic mass is 32.1. The molecule has 0 amide bonds. The van der Waals surface area contributed by atoms with Crippen molar-refractivity contribution < 1.29 is 14.6 Å². The van der Waals surface area contributed by atoms with Crippen molar-refractivity contribution in [3.8, 4) is 5.19 Å². The number of rotatable bonds is 9. The molecule has 1 aromatic carbocycles. The van der Waals surface area contributed by atoms with Gasteiger partial charge in [0.15, 0.2) is 0 Å². The zero-order valence-electron chi connectivity index (χ0n) is 18.9. The topological polar surface area (TPSA) is 90.1 Å². The maximum atomic E-state index is 12.1. The third-order valence-corrected chi connectivity index (χ3v) is 7.87. The fourth-order valence-electron chi connectivity index (χ4n) is 4.93. The molecule has 0 bridgehead atoms. The van der Waals surface area contributed by atoms with E-state index < -0.39 is 11.4 Å². The third-order valence-electron chi connectivity index (χ3n) is 6.94. The van der Waals surface area contributed by atoms with Gasteiger partial charge >= 0.3 is 5.97 Å². The Morgan fingerprint density at radius 3 is 2.59 bits per heavy atom. The van der Waals surface area contributed by atoms with E-state index in [4.69, 9.17) is 4.74 Å². The summed E-state index contributed by atoms with van der Waals surface area (Å²) in [6, 6.07) is 6.42. The number of aliphatic carboxylic acids is 1. The largest absolute Gasteiger partial charge is 0.481 e. The van der Waals surface area contributed by atoms with Crippen molar-refractivity contribution in [1.29, 1.82) is 0 Å². The van der Waals surface area contributed by atoms with Crippen LogP contribution in [0.3, 0.4) is 0 Å². The number of benzene rings is 1. The van der Waals surface area contributed by atoms with Crippen LogP contribution in [0.15, 0.2) is 30.9 Å². The van der Waals surface area contributed by atoms with Gasteiger partial charge in [0.2, 0.25) is 0 Å². The molecule has 0 saturated heterocycles. The molecule has 1 N–H and O–H groups in total. The molecule has 3 aromatic rings. The van der Waals surface area contributed by atoms with Gasteiger partial charge in [0.25, 0.3) is 5.19 Å². The van der Waals surface area contributed by atoms with E-state index in [1.165, 1.54) is 16.9 Å². The number of carboxylic acids is 1. The van der Waals surface area contributed by atoms with Crippen molar-refractivity contribution in [2.24, 2.45) is 11.3 Å². The summed E-state index contributed by atoms with van der Waals surface area (Å²) >= 11 is 1.49. The lowest BCUT2D eigenvalue weighted by Gasteiger charge is -2.27. The van der Waals surface area contributed by atoms with E-state index in [2.05, 4.69) is 41.0 Å². The standard InChI is InChI=1S/C24H32N4O3S/c1-3-17(4-2)21(28-16-25-15-26-28)18-9-10-19-20(13-18)32-23(27-19)31-14-24(22(29)30)11-7-5-6-8-12-24/h9-10,13,15-17,21H,3-8,11-12,14H2,1-2H3,(H,29,30). The Kier molecular flexibility index (Phi) is 7.08. The van der Waals surface area contributed by atoms with Crippen LogP contribution in [-0.2, 0) is 4.79 Å². The third kappa shape index (κ3) is 4.65. The molecule has 1 atom stereocenters. The van der Waals surface area contributed by atoms with Gasteiger partial charge < -0.3 is 9.84 Å². The second kappa shape index (κ2) is 9.98. The highest BCUT2D eigenvalue weighted by Gasteiger charge is 2.40. The van der Waals surface area contributed by atoms with Crippen molar-refractivity contribution in [1.82, 2.24) is 19.7 Å². The van der Waals surface area contributed by atoms with Crippen LogP contribution in [0.4, 0.5) is 0 Å². The second-order valence-corrected chi connectivity index (χ2v) is 9.89. The Morgan fingerprint density at radius 1 is 1.22 bits per heavy atom. The SMILES string of the molecule is CCC(CC)C(c1ccc2nc(OCC3(C(=O)O)CCCCCC3)sc2c1)n1cncn1. The highest BCUT2D eigenvalue weighted by Crippen LogP contribution is 2.38. The molecule has 1 aliphatic rings. The molecule has 32 heavy (non-hydrogen) atoms. The van der Waals surface area contributed by atoms with Gasteiger partial charge in [-0.15, -0.1) is 0 Å². The van der Waals surface area contributed by atoms with Crippen molar-refractivity contribution >= 4 is 27.5 Å². The predicted octanol–water partition coefficient (Wildman–Crippen LogP) is 5.72.